The van der Waals surface area contributed by atoms with Crippen molar-refractivity contribution in [1.82, 2.24) is 0 Å². The molecular weight excluding hydrogens is 346 g/mol. The van der Waals surface area contributed by atoms with Crippen LogP contribution in [0.25, 0.3) is 0 Å². The minimum Gasteiger partial charge on any atom is -0.313 e. The Morgan fingerprint density at radius 2 is 2.00 bits per heavy atom. The highest BCUT2D eigenvalue weighted by atomic mass is 16.9. The van der Waals surface area contributed by atoms with Crippen LogP contribution in [0, 0.1) is 44.6 Å². The zero-order valence-electron chi connectivity index (χ0n) is 16.2. The maximum absolute atomic E-state index is 12.4. The van der Waals surface area contributed by atoms with Gasteiger partial charge in [-0.25, -0.2) is 0 Å². The number of carbonyl (C=O) groups is 2. The number of Topliss-reactive ketones (excluding diaryl/α,β-unsaturated/α-hetero) is 1. The topological polar surface area (TPSA) is 86.5 Å². The molecule has 3 saturated carbocycles. The Kier molecular flexibility index (Phi) is 4.43. The Bertz CT molecular complexity index is 715. The van der Waals surface area contributed by atoms with Gasteiger partial charge in [0.15, 0.2) is 5.78 Å². The number of rotatable bonds is 4. The summed E-state index contributed by atoms with van der Waals surface area (Å²) in [6.45, 7) is 4.00. The van der Waals surface area contributed by atoms with E-state index in [9.17, 15) is 19.7 Å². The van der Waals surface area contributed by atoms with Crippen molar-refractivity contribution in [2.24, 2.45) is 34.5 Å². The summed E-state index contributed by atoms with van der Waals surface area (Å²) in [5.74, 6) is 1.55. The van der Waals surface area contributed by atoms with Crippen LogP contribution in [0.5, 0.6) is 0 Å². The molecule has 0 aliphatic heterocycles. The number of ketones is 2. The first kappa shape index (κ1) is 18.6. The Morgan fingerprint density at radius 1 is 1.22 bits per heavy atom. The molecule has 0 N–H and O–H groups in total. The first-order valence-electron chi connectivity index (χ1n) is 10.3. The fourth-order valence-electron chi connectivity index (χ4n) is 7.43. The van der Waals surface area contributed by atoms with E-state index in [2.05, 4.69) is 6.92 Å². The molecule has 0 saturated heterocycles. The minimum absolute atomic E-state index is 0.0516. The predicted molar refractivity (Wildman–Crippen MR) is 98.2 cm³/mol. The molecule has 0 aromatic heterocycles. The quantitative estimate of drug-likeness (QED) is 0.549. The van der Waals surface area contributed by atoms with Crippen molar-refractivity contribution in [2.75, 3.05) is 6.61 Å². The smallest absolute Gasteiger partial charge is 0.294 e. The monoisotopic (exact) mass is 375 g/mol. The van der Waals surface area contributed by atoms with Gasteiger partial charge < -0.3 is 4.84 Å². The second kappa shape index (κ2) is 6.42. The molecule has 0 bridgehead atoms. The number of allylic oxidation sites excluding steroid dienone is 1. The number of hydrogen-bond acceptors (Lipinski definition) is 5. The Balaban J connectivity index is 1.67. The zero-order valence-corrected chi connectivity index (χ0v) is 16.2. The molecular formula is C21H29NO5. The molecule has 6 heteroatoms. The fourth-order valence-corrected chi connectivity index (χ4v) is 7.43. The molecule has 4 aliphatic rings. The van der Waals surface area contributed by atoms with Gasteiger partial charge in [-0.15, -0.1) is 10.1 Å². The van der Waals surface area contributed by atoms with Crippen LogP contribution < -0.4 is 0 Å². The van der Waals surface area contributed by atoms with Crippen molar-refractivity contribution in [3.8, 4) is 0 Å². The van der Waals surface area contributed by atoms with Gasteiger partial charge in [-0.1, -0.05) is 12.5 Å². The molecule has 148 valence electrons. The van der Waals surface area contributed by atoms with E-state index in [0.717, 1.165) is 44.9 Å². The molecule has 4 rings (SSSR count). The molecule has 0 aromatic carbocycles. The van der Waals surface area contributed by atoms with E-state index in [1.54, 1.807) is 6.92 Å². The average molecular weight is 375 g/mol. The summed E-state index contributed by atoms with van der Waals surface area (Å²) in [4.78, 5) is 40.1. The molecule has 0 heterocycles. The lowest BCUT2D eigenvalue weighted by molar-refractivity contribution is -0.761. The van der Waals surface area contributed by atoms with Gasteiger partial charge in [-0.05, 0) is 81.1 Å². The molecule has 3 fully saturated rings. The Hall–Kier alpha value is -1.72. The maximum atomic E-state index is 12.4. The summed E-state index contributed by atoms with van der Waals surface area (Å²) in [6, 6.07) is 0. The van der Waals surface area contributed by atoms with Crippen molar-refractivity contribution in [3.05, 3.63) is 21.8 Å². The molecule has 0 amide bonds. The average Bonchev–Trinajstić information content (AvgIpc) is 3.00. The van der Waals surface area contributed by atoms with E-state index >= 15 is 0 Å². The van der Waals surface area contributed by atoms with Gasteiger partial charge in [0.25, 0.3) is 5.09 Å². The highest BCUT2D eigenvalue weighted by Gasteiger charge is 2.61. The van der Waals surface area contributed by atoms with Crippen LogP contribution in [0.4, 0.5) is 0 Å². The summed E-state index contributed by atoms with van der Waals surface area (Å²) in [5, 5.41) is 10.2. The van der Waals surface area contributed by atoms with E-state index < -0.39 is 5.09 Å². The Labute approximate surface area is 159 Å². The van der Waals surface area contributed by atoms with Gasteiger partial charge in [0, 0.05) is 17.8 Å². The van der Waals surface area contributed by atoms with Gasteiger partial charge in [-0.3, -0.25) is 9.59 Å². The lowest BCUT2D eigenvalue weighted by atomic mass is 9.46. The number of carbonyl (C=O) groups excluding carboxylic acids is 2. The van der Waals surface area contributed by atoms with Crippen LogP contribution in [0.2, 0.25) is 0 Å². The van der Waals surface area contributed by atoms with Gasteiger partial charge in [-0.2, -0.15) is 0 Å². The number of hydrogen-bond donors (Lipinski definition) is 0. The van der Waals surface area contributed by atoms with Crippen LogP contribution in [-0.4, -0.2) is 23.3 Å². The molecule has 6 nitrogen and oxygen atoms in total. The van der Waals surface area contributed by atoms with Gasteiger partial charge in [0.05, 0.1) is 0 Å². The van der Waals surface area contributed by atoms with Gasteiger partial charge in [0.2, 0.25) is 0 Å². The van der Waals surface area contributed by atoms with Crippen molar-refractivity contribution < 1.29 is 19.5 Å². The van der Waals surface area contributed by atoms with Gasteiger partial charge in [0.1, 0.15) is 12.4 Å². The van der Waals surface area contributed by atoms with Crippen LogP contribution in [0.3, 0.4) is 0 Å². The Morgan fingerprint density at radius 3 is 2.70 bits per heavy atom. The van der Waals surface area contributed by atoms with E-state index in [1.165, 1.54) is 5.57 Å². The molecule has 27 heavy (non-hydrogen) atoms. The first-order chi connectivity index (χ1) is 12.8. The molecule has 0 aromatic rings. The SMILES string of the molecule is CC(=O)[C@H]1CC[C@H]2[C@@H]3CCC4=CC(=O)CC[C@]4(C)[C@H]3CC[C@]12CO[N+](=O)[O-]. The van der Waals surface area contributed by atoms with E-state index in [-0.39, 0.29) is 34.9 Å². The van der Waals surface area contributed by atoms with Crippen LogP contribution in [0.1, 0.15) is 65.2 Å². The predicted octanol–water partition coefficient (Wildman–Crippen LogP) is 3.91. The third kappa shape index (κ3) is 2.74. The van der Waals surface area contributed by atoms with Crippen molar-refractivity contribution >= 4 is 11.6 Å². The van der Waals surface area contributed by atoms with Crippen molar-refractivity contribution in [1.29, 1.82) is 0 Å². The third-order valence-corrected chi connectivity index (χ3v) is 8.61. The van der Waals surface area contributed by atoms with Crippen LogP contribution in [-0.2, 0) is 14.4 Å². The highest BCUT2D eigenvalue weighted by Crippen LogP contribution is 2.66. The second-order valence-corrected chi connectivity index (χ2v) is 9.48. The summed E-state index contributed by atoms with van der Waals surface area (Å²) >= 11 is 0. The lowest BCUT2D eigenvalue weighted by Gasteiger charge is -2.58. The second-order valence-electron chi connectivity index (χ2n) is 9.48. The van der Waals surface area contributed by atoms with Crippen LogP contribution >= 0.6 is 0 Å². The molecule has 0 unspecified atom stereocenters. The fraction of sp³-hybridized carbons (Fsp3) is 0.810. The van der Waals surface area contributed by atoms with Crippen molar-refractivity contribution in [2.45, 2.75) is 65.2 Å². The van der Waals surface area contributed by atoms with E-state index in [0.29, 0.717) is 24.2 Å². The minimum atomic E-state index is -0.705. The molecule has 6 atom stereocenters. The summed E-state index contributed by atoms with van der Waals surface area (Å²) < 4.78 is 0. The molecule has 4 aliphatic carbocycles. The summed E-state index contributed by atoms with van der Waals surface area (Å²) in [5.41, 5.74) is 0.999. The number of fused-ring (bicyclic) bond motifs is 5. The molecule has 0 spiro atoms. The normalized spacial score (nSPS) is 43.2. The van der Waals surface area contributed by atoms with E-state index in [4.69, 9.17) is 4.84 Å². The number of nitrogens with zero attached hydrogens (tertiary/aromatic N) is 1. The van der Waals surface area contributed by atoms with Crippen LogP contribution in [0.15, 0.2) is 11.6 Å². The largest absolute Gasteiger partial charge is 0.313 e. The maximum Gasteiger partial charge on any atom is 0.294 e. The highest BCUT2D eigenvalue weighted by molar-refractivity contribution is 5.91. The molecule has 0 radical (unpaired) electrons. The standard InChI is InChI=1S/C21H29NO5/c1-13(23)17-5-6-19-16-4-3-14-11-15(24)7-9-20(14,2)18(16)8-10-21(17,19)12-27-22(25)26/h11,16-19H,3-10,12H2,1-2H3/t16-,17-,18+,19+,20+,21+/m1/s1. The van der Waals surface area contributed by atoms with E-state index in [1.807, 2.05) is 6.08 Å². The van der Waals surface area contributed by atoms with Gasteiger partial charge >= 0.3 is 0 Å². The third-order valence-electron chi connectivity index (χ3n) is 8.61. The first-order valence-corrected chi connectivity index (χ1v) is 10.3. The van der Waals surface area contributed by atoms with Crippen molar-refractivity contribution in [3.63, 3.8) is 0 Å². The summed E-state index contributed by atoms with van der Waals surface area (Å²) in [6.07, 6.45) is 8.96. The summed E-state index contributed by atoms with van der Waals surface area (Å²) in [7, 11) is 0. The lowest BCUT2D eigenvalue weighted by Crippen LogP contribution is -2.53. The zero-order chi connectivity index (χ0) is 19.4.